The molecule has 0 amide bonds. The number of nitrogens with zero attached hydrogens (tertiary/aromatic N) is 3. The van der Waals surface area contributed by atoms with Crippen LogP contribution in [0, 0.1) is 11.8 Å². The number of sulfone groups is 1. The molecule has 3 heterocycles. The lowest BCUT2D eigenvalue weighted by Gasteiger charge is -2.08. The van der Waals surface area contributed by atoms with Gasteiger partial charge in [-0.2, -0.15) is 0 Å². The van der Waals surface area contributed by atoms with Crippen LogP contribution in [0.4, 0.5) is 11.5 Å². The molecule has 1 N–H and O–H groups in total. The molecule has 0 saturated carbocycles. The van der Waals surface area contributed by atoms with Crippen molar-refractivity contribution in [2.75, 3.05) is 18.7 Å². The van der Waals surface area contributed by atoms with Gasteiger partial charge in [-0.25, -0.2) is 23.4 Å². The number of anilines is 2. The Balaban J connectivity index is 1.65. The summed E-state index contributed by atoms with van der Waals surface area (Å²) in [6.45, 7) is 0. The summed E-state index contributed by atoms with van der Waals surface area (Å²) in [5, 5.41) is 4.94. The predicted molar refractivity (Wildman–Crippen MR) is 119 cm³/mol. The van der Waals surface area contributed by atoms with Crippen molar-refractivity contribution in [2.45, 2.75) is 4.90 Å². The normalized spacial score (nSPS) is 10.9. The molecule has 4 aromatic rings. The van der Waals surface area contributed by atoms with Crippen LogP contribution >= 0.6 is 0 Å². The van der Waals surface area contributed by atoms with E-state index in [1.807, 2.05) is 12.1 Å². The molecule has 154 valence electrons. The zero-order valence-corrected chi connectivity index (χ0v) is 17.6. The Labute approximate surface area is 180 Å². The number of fused-ring (bicyclic) bond motifs is 1. The topological polar surface area (TPSA) is 94.1 Å². The third-order valence-corrected chi connectivity index (χ3v) is 5.60. The minimum absolute atomic E-state index is 0.263. The maximum atomic E-state index is 11.6. The molecule has 0 unspecified atom stereocenters. The van der Waals surface area contributed by atoms with E-state index in [0.717, 1.165) is 22.0 Å². The van der Waals surface area contributed by atoms with Crippen molar-refractivity contribution in [3.05, 3.63) is 78.4 Å². The van der Waals surface area contributed by atoms with E-state index in [0.29, 0.717) is 17.4 Å². The van der Waals surface area contributed by atoms with E-state index in [1.54, 1.807) is 62.1 Å². The molecule has 0 aliphatic heterocycles. The highest BCUT2D eigenvalue weighted by Crippen LogP contribution is 2.22. The first-order valence-electron chi connectivity index (χ1n) is 9.26. The van der Waals surface area contributed by atoms with E-state index >= 15 is 0 Å². The molecule has 0 aliphatic carbocycles. The van der Waals surface area contributed by atoms with Crippen molar-refractivity contribution in [1.82, 2.24) is 15.0 Å². The number of hydrogen-bond donors (Lipinski definition) is 1. The monoisotopic (exact) mass is 430 g/mol. The molecule has 0 saturated heterocycles. The fourth-order valence-corrected chi connectivity index (χ4v) is 3.53. The van der Waals surface area contributed by atoms with Gasteiger partial charge in [-0.05, 0) is 48.4 Å². The van der Waals surface area contributed by atoms with Crippen LogP contribution in [0.15, 0.2) is 72.0 Å². The molecule has 7 nitrogen and oxygen atoms in total. The zero-order valence-electron chi connectivity index (χ0n) is 16.8. The first-order valence-corrected chi connectivity index (χ1v) is 11.2. The fourth-order valence-electron chi connectivity index (χ4n) is 2.90. The largest absolute Gasteiger partial charge is 0.481 e. The van der Waals surface area contributed by atoms with Crippen LogP contribution in [0.5, 0.6) is 5.88 Å². The van der Waals surface area contributed by atoms with Crippen LogP contribution in [0.3, 0.4) is 0 Å². The Morgan fingerprint density at radius 1 is 0.935 bits per heavy atom. The molecule has 0 spiro atoms. The molecule has 3 aromatic heterocycles. The highest BCUT2D eigenvalue weighted by atomic mass is 32.2. The Hall–Kier alpha value is -3.96. The highest BCUT2D eigenvalue weighted by Gasteiger charge is 2.07. The third-order valence-electron chi connectivity index (χ3n) is 4.47. The summed E-state index contributed by atoms with van der Waals surface area (Å²) >= 11 is 0. The fraction of sp³-hybridized carbons (Fsp3) is 0.0870. The van der Waals surface area contributed by atoms with E-state index in [-0.39, 0.29) is 4.90 Å². The van der Waals surface area contributed by atoms with Gasteiger partial charge in [0.05, 0.1) is 12.0 Å². The molecular formula is C23H18N4O3S. The van der Waals surface area contributed by atoms with Crippen molar-refractivity contribution >= 4 is 32.1 Å². The van der Waals surface area contributed by atoms with Gasteiger partial charge in [-0.3, -0.25) is 0 Å². The number of rotatable bonds is 4. The lowest BCUT2D eigenvalue weighted by molar-refractivity contribution is 0.398. The lowest BCUT2D eigenvalue weighted by Crippen LogP contribution is -1.98. The van der Waals surface area contributed by atoms with Gasteiger partial charge in [0, 0.05) is 52.9 Å². The third kappa shape index (κ3) is 4.79. The van der Waals surface area contributed by atoms with Gasteiger partial charge in [0.25, 0.3) is 0 Å². The van der Waals surface area contributed by atoms with Crippen molar-refractivity contribution in [3.63, 3.8) is 0 Å². The first kappa shape index (κ1) is 20.3. The summed E-state index contributed by atoms with van der Waals surface area (Å²) in [4.78, 5) is 13.2. The second-order valence-electron chi connectivity index (χ2n) is 6.71. The van der Waals surface area contributed by atoms with Crippen molar-refractivity contribution in [1.29, 1.82) is 0 Å². The van der Waals surface area contributed by atoms with Crippen LogP contribution < -0.4 is 10.1 Å². The summed E-state index contributed by atoms with van der Waals surface area (Å²) in [7, 11) is -1.68. The molecule has 0 atom stereocenters. The van der Waals surface area contributed by atoms with Gasteiger partial charge in [0.15, 0.2) is 9.84 Å². The minimum Gasteiger partial charge on any atom is -0.481 e. The van der Waals surface area contributed by atoms with Crippen LogP contribution in [-0.2, 0) is 9.84 Å². The molecule has 31 heavy (non-hydrogen) atoms. The van der Waals surface area contributed by atoms with Crippen LogP contribution in [0.1, 0.15) is 11.3 Å². The van der Waals surface area contributed by atoms with E-state index < -0.39 is 9.84 Å². The van der Waals surface area contributed by atoms with Crippen molar-refractivity contribution < 1.29 is 13.2 Å². The molecule has 4 rings (SSSR count). The van der Waals surface area contributed by atoms with Gasteiger partial charge in [0.1, 0.15) is 11.5 Å². The summed E-state index contributed by atoms with van der Waals surface area (Å²) in [6.07, 6.45) is 6.25. The molecule has 0 radical (unpaired) electrons. The summed E-state index contributed by atoms with van der Waals surface area (Å²) < 4.78 is 28.4. The highest BCUT2D eigenvalue weighted by molar-refractivity contribution is 7.90. The maximum Gasteiger partial charge on any atom is 0.214 e. The van der Waals surface area contributed by atoms with Gasteiger partial charge in [-0.1, -0.05) is 5.92 Å². The van der Waals surface area contributed by atoms with E-state index in [2.05, 4.69) is 32.1 Å². The number of ether oxygens (including phenoxy) is 1. The average molecular weight is 430 g/mol. The Morgan fingerprint density at radius 2 is 1.71 bits per heavy atom. The van der Waals surface area contributed by atoms with Gasteiger partial charge >= 0.3 is 0 Å². The second-order valence-corrected chi connectivity index (χ2v) is 8.72. The summed E-state index contributed by atoms with van der Waals surface area (Å²) in [6, 6.07) is 13.8. The van der Waals surface area contributed by atoms with Gasteiger partial charge < -0.3 is 10.1 Å². The first-order chi connectivity index (χ1) is 14.9. The van der Waals surface area contributed by atoms with Gasteiger partial charge in [-0.15, -0.1) is 0 Å². The number of aromatic nitrogens is 3. The van der Waals surface area contributed by atoms with Crippen LogP contribution in [0.2, 0.25) is 0 Å². The predicted octanol–water partition coefficient (Wildman–Crippen LogP) is 3.58. The number of methoxy groups -OCH3 is 1. The minimum atomic E-state index is -3.24. The maximum absolute atomic E-state index is 11.6. The number of nitrogens with one attached hydrogen (secondary N) is 1. The summed E-state index contributed by atoms with van der Waals surface area (Å²) in [5.41, 5.74) is 2.11. The Kier molecular flexibility index (Phi) is 5.52. The Morgan fingerprint density at radius 3 is 2.45 bits per heavy atom. The molecular weight excluding hydrogens is 412 g/mol. The van der Waals surface area contributed by atoms with Crippen LogP contribution in [-0.4, -0.2) is 36.7 Å². The van der Waals surface area contributed by atoms with E-state index in [4.69, 9.17) is 4.74 Å². The quantitative estimate of drug-likeness (QED) is 0.495. The molecule has 1 aromatic carbocycles. The number of hydrogen-bond acceptors (Lipinski definition) is 7. The molecule has 0 aliphatic rings. The molecule has 0 bridgehead atoms. The lowest BCUT2D eigenvalue weighted by atomic mass is 10.1. The molecule has 0 fully saturated rings. The Bertz CT molecular complexity index is 1420. The second kappa shape index (κ2) is 8.42. The van der Waals surface area contributed by atoms with E-state index in [9.17, 15) is 8.42 Å². The number of pyridine rings is 3. The standard InChI is InChI=1S/C23H18N4O3S/c1-30-23-13-16(9-11-25-23)3-8-21-20-14-22(26-15-17(20)10-12-24-21)27-18-4-6-19(7-5-18)31(2,28)29/h4-7,9-15H,1-2H3,(H,26,27). The SMILES string of the molecule is COc1cc(C#Cc2nccc3cnc(Nc4ccc(S(C)(=O)=O)cc4)cc23)ccn1. The van der Waals surface area contributed by atoms with E-state index in [1.165, 1.54) is 6.26 Å². The smallest absolute Gasteiger partial charge is 0.214 e. The number of benzene rings is 1. The van der Waals surface area contributed by atoms with Crippen molar-refractivity contribution in [2.24, 2.45) is 0 Å². The molecule has 8 heteroatoms. The summed E-state index contributed by atoms with van der Waals surface area (Å²) in [5.74, 6) is 7.28. The zero-order chi connectivity index (χ0) is 21.8. The average Bonchev–Trinajstić information content (AvgIpc) is 2.77. The van der Waals surface area contributed by atoms with Crippen LogP contribution in [0.25, 0.3) is 10.8 Å². The van der Waals surface area contributed by atoms with Crippen molar-refractivity contribution in [3.8, 4) is 17.7 Å². The van der Waals surface area contributed by atoms with Gasteiger partial charge in [0.2, 0.25) is 5.88 Å².